The van der Waals surface area contributed by atoms with E-state index in [1.165, 1.54) is 6.07 Å². The number of nitro benzene ring substituents is 1. The molecule has 0 fully saturated rings. The lowest BCUT2D eigenvalue weighted by Gasteiger charge is -2.21. The van der Waals surface area contributed by atoms with E-state index < -0.39 is 35.2 Å². The van der Waals surface area contributed by atoms with Crippen molar-refractivity contribution in [1.29, 1.82) is 0 Å². The number of rotatable bonds is 5. The molecule has 1 rings (SSSR count). The van der Waals surface area contributed by atoms with Gasteiger partial charge in [-0.25, -0.2) is 13.2 Å². The Hall–Kier alpha value is -2.12. The van der Waals surface area contributed by atoms with E-state index in [1.807, 2.05) is 0 Å². The van der Waals surface area contributed by atoms with E-state index in [0.717, 1.165) is 25.1 Å². The van der Waals surface area contributed by atoms with Crippen molar-refractivity contribution < 1.29 is 22.9 Å². The number of amides is 1. The molecule has 0 aliphatic rings. The third kappa shape index (κ3) is 3.94. The Morgan fingerprint density at radius 1 is 1.37 bits per heavy atom. The summed E-state index contributed by atoms with van der Waals surface area (Å²) in [5, 5.41) is 12.3. The summed E-state index contributed by atoms with van der Waals surface area (Å²) in [4.78, 5) is 20.5. The lowest BCUT2D eigenvalue weighted by molar-refractivity contribution is -0.385. The van der Waals surface area contributed by atoms with Crippen molar-refractivity contribution in [3.05, 3.63) is 39.9 Å². The van der Waals surface area contributed by atoms with Gasteiger partial charge < -0.3 is 5.32 Å². The Kier molecular flexibility index (Phi) is 4.85. The summed E-state index contributed by atoms with van der Waals surface area (Å²) >= 11 is 0. The van der Waals surface area contributed by atoms with Crippen molar-refractivity contribution in [2.24, 2.45) is 0 Å². The fraction of sp³-hybridized carbons (Fsp3) is 0.364. The zero-order valence-corrected chi connectivity index (χ0v) is 9.85. The molecule has 2 atom stereocenters. The predicted molar refractivity (Wildman–Crippen MR) is 60.6 cm³/mol. The molecule has 1 aromatic rings. The molecule has 19 heavy (non-hydrogen) atoms. The monoisotopic (exact) mass is 276 g/mol. The summed E-state index contributed by atoms with van der Waals surface area (Å²) in [5.41, 5.74) is -0.691. The van der Waals surface area contributed by atoms with Gasteiger partial charge in [0.2, 0.25) is 5.91 Å². The van der Waals surface area contributed by atoms with E-state index >= 15 is 0 Å². The van der Waals surface area contributed by atoms with Crippen LogP contribution < -0.4 is 5.32 Å². The SMILES string of the molecule is CC(=O)NC(C(F)F)C(F)c1cccc([N+](=O)[O-])c1. The van der Waals surface area contributed by atoms with Crippen molar-refractivity contribution in [3.63, 3.8) is 0 Å². The minimum Gasteiger partial charge on any atom is -0.345 e. The van der Waals surface area contributed by atoms with Gasteiger partial charge in [0.15, 0.2) is 6.17 Å². The van der Waals surface area contributed by atoms with E-state index in [9.17, 15) is 28.1 Å². The van der Waals surface area contributed by atoms with Crippen LogP contribution in [0.3, 0.4) is 0 Å². The van der Waals surface area contributed by atoms with Crippen LogP contribution in [0.25, 0.3) is 0 Å². The van der Waals surface area contributed by atoms with Crippen LogP contribution in [0.5, 0.6) is 0 Å². The smallest absolute Gasteiger partial charge is 0.269 e. The summed E-state index contributed by atoms with van der Waals surface area (Å²) in [6, 6.07) is 2.28. The maximum atomic E-state index is 13.9. The molecule has 8 heteroatoms. The summed E-state index contributed by atoms with van der Waals surface area (Å²) in [7, 11) is 0. The van der Waals surface area contributed by atoms with Crippen LogP contribution in [-0.2, 0) is 4.79 Å². The van der Waals surface area contributed by atoms with Crippen LogP contribution in [0.1, 0.15) is 18.7 Å². The molecule has 0 saturated heterocycles. The summed E-state index contributed by atoms with van der Waals surface area (Å²) in [6.07, 6.45) is -5.36. The number of halogens is 3. The number of benzene rings is 1. The molecule has 0 aliphatic carbocycles. The molecule has 0 saturated carbocycles. The fourth-order valence-electron chi connectivity index (χ4n) is 1.52. The van der Waals surface area contributed by atoms with Gasteiger partial charge >= 0.3 is 0 Å². The number of carbonyl (C=O) groups excluding carboxylic acids is 1. The predicted octanol–water partition coefficient (Wildman–Crippen LogP) is 2.38. The standard InChI is InChI=1S/C11H11F3N2O3/c1-6(17)15-10(11(13)14)9(12)7-3-2-4-8(5-7)16(18)19/h2-5,9-11H,1H3,(H,15,17). The van der Waals surface area contributed by atoms with Crippen molar-refractivity contribution in [2.75, 3.05) is 0 Å². The quantitative estimate of drug-likeness (QED) is 0.663. The van der Waals surface area contributed by atoms with Gasteiger partial charge in [0.05, 0.1) is 4.92 Å². The van der Waals surface area contributed by atoms with Gasteiger partial charge in [-0.1, -0.05) is 12.1 Å². The molecule has 5 nitrogen and oxygen atoms in total. The molecule has 0 radical (unpaired) electrons. The summed E-state index contributed by atoms with van der Waals surface area (Å²) < 4.78 is 39.3. The zero-order chi connectivity index (χ0) is 14.6. The van der Waals surface area contributed by atoms with Gasteiger partial charge in [0.25, 0.3) is 12.1 Å². The lowest BCUT2D eigenvalue weighted by atomic mass is 10.0. The highest BCUT2D eigenvalue weighted by atomic mass is 19.3. The number of hydrogen-bond donors (Lipinski definition) is 1. The van der Waals surface area contributed by atoms with Gasteiger partial charge in [0.1, 0.15) is 6.04 Å². The molecule has 0 aromatic heterocycles. The molecule has 1 aromatic carbocycles. The lowest BCUT2D eigenvalue weighted by Crippen LogP contribution is -2.42. The number of carbonyl (C=O) groups is 1. The molecule has 0 spiro atoms. The molecular formula is C11H11F3N2O3. The normalized spacial score (nSPS) is 13.9. The number of nitro groups is 1. The highest BCUT2D eigenvalue weighted by Crippen LogP contribution is 2.27. The molecule has 0 aliphatic heterocycles. The first kappa shape index (κ1) is 14.9. The Balaban J connectivity index is 3.02. The second kappa shape index (κ2) is 6.17. The maximum Gasteiger partial charge on any atom is 0.269 e. The first-order valence-corrected chi connectivity index (χ1v) is 5.26. The van der Waals surface area contributed by atoms with Crippen molar-refractivity contribution >= 4 is 11.6 Å². The molecule has 1 amide bonds. The number of alkyl halides is 3. The Morgan fingerprint density at radius 2 is 2.00 bits per heavy atom. The molecule has 0 heterocycles. The van der Waals surface area contributed by atoms with E-state index in [-0.39, 0.29) is 5.56 Å². The van der Waals surface area contributed by atoms with E-state index in [0.29, 0.717) is 0 Å². The second-order valence-corrected chi connectivity index (χ2v) is 3.81. The van der Waals surface area contributed by atoms with Crippen molar-refractivity contribution in [3.8, 4) is 0 Å². The van der Waals surface area contributed by atoms with Crippen LogP contribution in [0.15, 0.2) is 24.3 Å². The Bertz CT molecular complexity index is 482. The molecule has 0 bridgehead atoms. The Morgan fingerprint density at radius 3 is 2.47 bits per heavy atom. The highest BCUT2D eigenvalue weighted by Gasteiger charge is 2.32. The zero-order valence-electron chi connectivity index (χ0n) is 9.85. The molecule has 1 N–H and O–H groups in total. The number of non-ortho nitro benzene ring substituents is 1. The third-order valence-electron chi connectivity index (χ3n) is 2.36. The van der Waals surface area contributed by atoms with Crippen LogP contribution in [0, 0.1) is 10.1 Å². The van der Waals surface area contributed by atoms with Crippen LogP contribution in [0.2, 0.25) is 0 Å². The van der Waals surface area contributed by atoms with Crippen molar-refractivity contribution in [2.45, 2.75) is 25.6 Å². The molecule has 104 valence electrons. The number of nitrogens with one attached hydrogen (secondary N) is 1. The van der Waals surface area contributed by atoms with Crippen molar-refractivity contribution in [1.82, 2.24) is 5.32 Å². The van der Waals surface area contributed by atoms with Gasteiger partial charge in [-0.3, -0.25) is 14.9 Å². The highest BCUT2D eigenvalue weighted by molar-refractivity contribution is 5.73. The summed E-state index contributed by atoms with van der Waals surface area (Å²) in [6.45, 7) is 0.982. The van der Waals surface area contributed by atoms with Crippen LogP contribution in [-0.4, -0.2) is 23.3 Å². The first-order chi connectivity index (χ1) is 8.82. The summed E-state index contributed by atoms with van der Waals surface area (Å²) in [5.74, 6) is -0.807. The van der Waals surface area contributed by atoms with E-state index in [2.05, 4.69) is 0 Å². The average Bonchev–Trinajstić information content (AvgIpc) is 2.34. The molecular weight excluding hydrogens is 265 g/mol. The van der Waals surface area contributed by atoms with E-state index in [4.69, 9.17) is 0 Å². The van der Waals surface area contributed by atoms with Gasteiger partial charge in [-0.15, -0.1) is 0 Å². The second-order valence-electron chi connectivity index (χ2n) is 3.81. The minimum atomic E-state index is -3.13. The van der Waals surface area contributed by atoms with Gasteiger partial charge in [-0.05, 0) is 5.56 Å². The largest absolute Gasteiger partial charge is 0.345 e. The average molecular weight is 276 g/mol. The topological polar surface area (TPSA) is 72.2 Å². The number of hydrogen-bond acceptors (Lipinski definition) is 3. The maximum absolute atomic E-state index is 13.9. The third-order valence-corrected chi connectivity index (χ3v) is 2.36. The van der Waals surface area contributed by atoms with Gasteiger partial charge in [-0.2, -0.15) is 0 Å². The van der Waals surface area contributed by atoms with E-state index in [1.54, 1.807) is 5.32 Å². The molecule has 2 unspecified atom stereocenters. The Labute approximate surface area is 106 Å². The number of nitrogens with zero attached hydrogens (tertiary/aromatic N) is 1. The van der Waals surface area contributed by atoms with Crippen LogP contribution in [0.4, 0.5) is 18.9 Å². The van der Waals surface area contributed by atoms with Gasteiger partial charge in [0, 0.05) is 19.1 Å². The minimum absolute atomic E-state index is 0.284. The fourth-order valence-corrected chi connectivity index (χ4v) is 1.52. The van der Waals surface area contributed by atoms with Crippen LogP contribution >= 0.6 is 0 Å². The first-order valence-electron chi connectivity index (χ1n) is 5.26.